The third kappa shape index (κ3) is 1.34. The minimum atomic E-state index is -1.40. The first-order valence-corrected chi connectivity index (χ1v) is 3.00. The van der Waals surface area contributed by atoms with Crippen LogP contribution in [-0.2, 0) is 0 Å². The molecule has 0 saturated heterocycles. The molecule has 0 unspecified atom stereocenters. The molecule has 3 nitrogen and oxygen atoms in total. The molecular weight excluding hydrogens is 168 g/mol. The topological polar surface area (TPSA) is 63.3 Å². The number of aromatic carboxylic acids is 1. The molecule has 0 saturated carbocycles. The molecule has 1 rings (SSSR count). The SMILES string of the molecule is Nc1c(F)cc(C(=O)O)cc1F. The predicted molar refractivity (Wildman–Crippen MR) is 37.7 cm³/mol. The van der Waals surface area contributed by atoms with Gasteiger partial charge < -0.3 is 10.8 Å². The van der Waals surface area contributed by atoms with Crippen LogP contribution in [0.3, 0.4) is 0 Å². The summed E-state index contributed by atoms with van der Waals surface area (Å²) in [5.74, 6) is -3.52. The van der Waals surface area contributed by atoms with Crippen LogP contribution in [0.15, 0.2) is 12.1 Å². The van der Waals surface area contributed by atoms with Crippen molar-refractivity contribution in [2.75, 3.05) is 5.73 Å². The number of carboxylic acid groups (broad SMARTS) is 1. The monoisotopic (exact) mass is 173 g/mol. The summed E-state index contributed by atoms with van der Waals surface area (Å²) in [5.41, 5.74) is 3.78. The van der Waals surface area contributed by atoms with Gasteiger partial charge in [-0.2, -0.15) is 0 Å². The maximum absolute atomic E-state index is 12.6. The van der Waals surface area contributed by atoms with Gasteiger partial charge in [-0.3, -0.25) is 0 Å². The number of nitrogens with two attached hydrogens (primary N) is 1. The Morgan fingerprint density at radius 1 is 1.33 bits per heavy atom. The molecule has 5 heteroatoms. The highest BCUT2D eigenvalue weighted by Gasteiger charge is 2.11. The molecule has 0 aliphatic carbocycles. The number of halogens is 2. The molecule has 0 heterocycles. The number of carboxylic acids is 1. The van der Waals surface area contributed by atoms with Gasteiger partial charge in [0.2, 0.25) is 0 Å². The van der Waals surface area contributed by atoms with Crippen molar-refractivity contribution >= 4 is 11.7 Å². The first-order chi connectivity index (χ1) is 5.52. The maximum Gasteiger partial charge on any atom is 0.335 e. The molecule has 0 aliphatic rings. The fraction of sp³-hybridized carbons (Fsp3) is 0. The highest BCUT2D eigenvalue weighted by Crippen LogP contribution is 2.16. The second kappa shape index (κ2) is 2.77. The lowest BCUT2D eigenvalue weighted by molar-refractivity contribution is 0.0696. The van der Waals surface area contributed by atoms with Gasteiger partial charge in [-0.1, -0.05) is 0 Å². The van der Waals surface area contributed by atoms with E-state index in [9.17, 15) is 13.6 Å². The minimum absolute atomic E-state index is 0.459. The lowest BCUT2D eigenvalue weighted by atomic mass is 10.2. The number of anilines is 1. The van der Waals surface area contributed by atoms with Gasteiger partial charge in [-0.25, -0.2) is 13.6 Å². The number of hydrogen-bond acceptors (Lipinski definition) is 2. The van der Waals surface area contributed by atoms with Crippen LogP contribution in [0, 0.1) is 11.6 Å². The Hall–Kier alpha value is -1.65. The van der Waals surface area contributed by atoms with Gasteiger partial charge in [0.1, 0.15) is 17.3 Å². The smallest absolute Gasteiger partial charge is 0.335 e. The maximum atomic E-state index is 12.6. The normalized spacial score (nSPS) is 9.83. The van der Waals surface area contributed by atoms with Crippen molar-refractivity contribution in [1.29, 1.82) is 0 Å². The molecule has 1 aromatic rings. The lowest BCUT2D eigenvalue weighted by Crippen LogP contribution is -2.02. The average Bonchev–Trinajstić information content (AvgIpc) is 1.99. The average molecular weight is 173 g/mol. The van der Waals surface area contributed by atoms with Crippen molar-refractivity contribution in [3.63, 3.8) is 0 Å². The zero-order valence-electron chi connectivity index (χ0n) is 5.84. The number of nitrogen functional groups attached to an aromatic ring is 1. The van der Waals surface area contributed by atoms with Crippen LogP contribution in [0.5, 0.6) is 0 Å². The molecule has 1 aromatic carbocycles. The molecule has 0 fully saturated rings. The fourth-order valence-corrected chi connectivity index (χ4v) is 0.708. The Bertz CT molecular complexity index is 315. The van der Waals surface area contributed by atoms with Crippen LogP contribution >= 0.6 is 0 Å². The Labute approximate surface area is 66.4 Å². The molecule has 0 atom stereocenters. The molecule has 0 radical (unpaired) electrons. The number of rotatable bonds is 1. The van der Waals surface area contributed by atoms with Gasteiger partial charge in [0.15, 0.2) is 0 Å². The van der Waals surface area contributed by atoms with E-state index in [1.54, 1.807) is 0 Å². The van der Waals surface area contributed by atoms with Gasteiger partial charge in [-0.05, 0) is 12.1 Å². The molecule has 0 aliphatic heterocycles. The summed E-state index contributed by atoms with van der Waals surface area (Å²) in [6.45, 7) is 0. The molecule has 0 aromatic heterocycles. The van der Waals surface area contributed by atoms with Crippen molar-refractivity contribution in [3.05, 3.63) is 29.3 Å². The van der Waals surface area contributed by atoms with Crippen molar-refractivity contribution in [1.82, 2.24) is 0 Å². The summed E-state index contributed by atoms with van der Waals surface area (Å²) in [4.78, 5) is 10.2. The van der Waals surface area contributed by atoms with Crippen molar-refractivity contribution in [3.8, 4) is 0 Å². The van der Waals surface area contributed by atoms with Crippen molar-refractivity contribution in [2.45, 2.75) is 0 Å². The van der Waals surface area contributed by atoms with E-state index < -0.39 is 28.9 Å². The molecule has 64 valence electrons. The van der Waals surface area contributed by atoms with Crippen LogP contribution in [0.1, 0.15) is 10.4 Å². The van der Waals surface area contributed by atoms with E-state index in [0.29, 0.717) is 12.1 Å². The van der Waals surface area contributed by atoms with E-state index in [1.807, 2.05) is 0 Å². The lowest BCUT2D eigenvalue weighted by Gasteiger charge is -1.99. The Balaban J connectivity index is 3.31. The van der Waals surface area contributed by atoms with Crippen LogP contribution in [0.25, 0.3) is 0 Å². The third-order valence-corrected chi connectivity index (χ3v) is 1.33. The summed E-state index contributed by atoms with van der Waals surface area (Å²) in [6, 6.07) is 1.33. The van der Waals surface area contributed by atoms with Crippen molar-refractivity contribution < 1.29 is 18.7 Å². The van der Waals surface area contributed by atoms with E-state index in [2.05, 4.69) is 0 Å². The van der Waals surface area contributed by atoms with Gasteiger partial charge in [0, 0.05) is 0 Å². The van der Waals surface area contributed by atoms with E-state index >= 15 is 0 Å². The van der Waals surface area contributed by atoms with Crippen LogP contribution < -0.4 is 5.73 Å². The Morgan fingerprint density at radius 3 is 2.08 bits per heavy atom. The summed E-state index contributed by atoms with van der Waals surface area (Å²) in [6.07, 6.45) is 0. The molecular formula is C7H5F2NO2. The molecule has 3 N–H and O–H groups in total. The van der Waals surface area contributed by atoms with Gasteiger partial charge in [-0.15, -0.1) is 0 Å². The largest absolute Gasteiger partial charge is 0.478 e. The summed E-state index contributed by atoms with van der Waals surface area (Å²) >= 11 is 0. The second-order valence-corrected chi connectivity index (χ2v) is 2.16. The van der Waals surface area contributed by atoms with Crippen LogP contribution in [0.4, 0.5) is 14.5 Å². The number of hydrogen-bond donors (Lipinski definition) is 2. The van der Waals surface area contributed by atoms with Crippen molar-refractivity contribution in [2.24, 2.45) is 0 Å². The molecule has 0 amide bonds. The molecule has 0 bridgehead atoms. The van der Waals surface area contributed by atoms with E-state index in [0.717, 1.165) is 0 Å². The summed E-state index contributed by atoms with van der Waals surface area (Å²) in [5, 5.41) is 8.35. The van der Waals surface area contributed by atoms with Crippen LogP contribution in [-0.4, -0.2) is 11.1 Å². The van der Waals surface area contributed by atoms with E-state index in [-0.39, 0.29) is 0 Å². The zero-order chi connectivity index (χ0) is 9.30. The highest BCUT2D eigenvalue weighted by atomic mass is 19.1. The number of benzene rings is 1. The second-order valence-electron chi connectivity index (χ2n) is 2.16. The predicted octanol–water partition coefficient (Wildman–Crippen LogP) is 1.25. The van der Waals surface area contributed by atoms with Gasteiger partial charge in [0.25, 0.3) is 0 Å². The van der Waals surface area contributed by atoms with E-state index in [1.165, 1.54) is 0 Å². The fourth-order valence-electron chi connectivity index (χ4n) is 0.708. The van der Waals surface area contributed by atoms with Gasteiger partial charge in [0.05, 0.1) is 5.56 Å². The first kappa shape index (κ1) is 8.45. The number of carbonyl (C=O) groups is 1. The quantitative estimate of drug-likeness (QED) is 0.628. The van der Waals surface area contributed by atoms with Gasteiger partial charge >= 0.3 is 5.97 Å². The minimum Gasteiger partial charge on any atom is -0.478 e. The standard InChI is InChI=1S/C7H5F2NO2/c8-4-1-3(7(11)12)2-5(9)6(4)10/h1-2H,10H2,(H,11,12). The van der Waals surface area contributed by atoms with E-state index in [4.69, 9.17) is 10.8 Å². The molecule has 0 spiro atoms. The highest BCUT2D eigenvalue weighted by molar-refractivity contribution is 5.88. The third-order valence-electron chi connectivity index (χ3n) is 1.33. The summed E-state index contributed by atoms with van der Waals surface area (Å²) < 4.78 is 25.1. The molecule has 12 heavy (non-hydrogen) atoms. The summed E-state index contributed by atoms with van der Waals surface area (Å²) in [7, 11) is 0. The zero-order valence-corrected chi connectivity index (χ0v) is 5.84. The first-order valence-electron chi connectivity index (χ1n) is 3.00. The van der Waals surface area contributed by atoms with Crippen LogP contribution in [0.2, 0.25) is 0 Å². The Kier molecular flexibility index (Phi) is 1.95. The Morgan fingerprint density at radius 2 is 1.75 bits per heavy atom.